The third kappa shape index (κ3) is 3.53. The Morgan fingerprint density at radius 1 is 0.903 bits per heavy atom. The molecule has 0 saturated carbocycles. The summed E-state index contributed by atoms with van der Waals surface area (Å²) in [7, 11) is 0. The van der Waals surface area contributed by atoms with Gasteiger partial charge >= 0.3 is 0 Å². The van der Waals surface area contributed by atoms with Crippen molar-refractivity contribution < 1.29 is 4.79 Å². The van der Waals surface area contributed by atoms with Gasteiger partial charge < -0.3 is 0 Å². The molecule has 2 heterocycles. The van der Waals surface area contributed by atoms with Crippen LogP contribution in [-0.2, 0) is 0 Å². The number of benzene rings is 2. The van der Waals surface area contributed by atoms with E-state index in [1.807, 2.05) is 60.7 Å². The van der Waals surface area contributed by atoms with E-state index >= 15 is 0 Å². The van der Waals surface area contributed by atoms with Crippen LogP contribution in [0.4, 0.5) is 0 Å². The second kappa shape index (κ2) is 7.85. The Bertz CT molecular complexity index is 1480. The molecule has 1 aliphatic rings. The number of nitriles is 1. The molecule has 2 aromatic heterocycles. The lowest BCUT2D eigenvalue weighted by molar-refractivity contribution is 0.104. The number of thiophene rings is 2. The molecule has 0 saturated heterocycles. The molecule has 2 nitrogen and oxygen atoms in total. The number of rotatable bonds is 1. The highest BCUT2D eigenvalue weighted by Gasteiger charge is 2.31. The molecule has 5 rings (SSSR count). The molecule has 0 aliphatic heterocycles. The number of Topliss-reactive ketones (excluding diaryl/α,β-unsaturated/α-hetero) is 1. The summed E-state index contributed by atoms with van der Waals surface area (Å²) >= 11 is 3.29. The smallest absolute Gasteiger partial charge is 0.194 e. The van der Waals surface area contributed by atoms with Gasteiger partial charge in [0, 0.05) is 42.1 Å². The van der Waals surface area contributed by atoms with E-state index in [1.165, 1.54) is 0 Å². The zero-order valence-corrected chi connectivity index (χ0v) is 18.2. The van der Waals surface area contributed by atoms with E-state index in [0.717, 1.165) is 35.9 Å². The average molecular weight is 434 g/mol. The molecule has 0 fully saturated rings. The molecule has 0 spiro atoms. The first-order valence-electron chi connectivity index (χ1n) is 9.71. The molecule has 0 amide bonds. The largest absolute Gasteiger partial charge is 0.289 e. The maximum Gasteiger partial charge on any atom is 0.194 e. The highest BCUT2D eigenvalue weighted by atomic mass is 32.1. The third-order valence-corrected chi connectivity index (χ3v) is 7.27. The van der Waals surface area contributed by atoms with E-state index in [0.29, 0.717) is 16.7 Å². The molecule has 2 aromatic carbocycles. The first-order chi connectivity index (χ1) is 15.1. The van der Waals surface area contributed by atoms with E-state index < -0.39 is 0 Å². The zero-order chi connectivity index (χ0) is 21.4. The predicted molar refractivity (Wildman–Crippen MR) is 129 cm³/mol. The summed E-state index contributed by atoms with van der Waals surface area (Å²) in [5.74, 6) is 6.42. The van der Waals surface area contributed by atoms with Gasteiger partial charge in [-0.3, -0.25) is 4.79 Å². The van der Waals surface area contributed by atoms with Crippen molar-refractivity contribution in [2.75, 3.05) is 0 Å². The van der Waals surface area contributed by atoms with Gasteiger partial charge in [-0.15, -0.1) is 22.7 Å². The van der Waals surface area contributed by atoms with Crippen molar-refractivity contribution in [3.8, 4) is 17.9 Å². The van der Waals surface area contributed by atoms with Crippen LogP contribution in [0.3, 0.4) is 0 Å². The van der Waals surface area contributed by atoms with Crippen molar-refractivity contribution in [1.82, 2.24) is 0 Å². The molecule has 31 heavy (non-hydrogen) atoms. The summed E-state index contributed by atoms with van der Waals surface area (Å²) in [6.07, 6.45) is 1.92. The summed E-state index contributed by atoms with van der Waals surface area (Å²) in [5.41, 5.74) is 4.40. The molecule has 146 valence electrons. The summed E-state index contributed by atoms with van der Waals surface area (Å²) < 4.78 is 2.31. The fourth-order valence-electron chi connectivity index (χ4n) is 3.69. The molecule has 4 aromatic rings. The molecule has 0 N–H and O–H groups in total. The Morgan fingerprint density at radius 3 is 2.35 bits per heavy atom. The second-order valence-electron chi connectivity index (χ2n) is 7.15. The van der Waals surface area contributed by atoms with Crippen LogP contribution in [0.2, 0.25) is 0 Å². The number of hydrogen-bond donors (Lipinski definition) is 0. The molecule has 0 radical (unpaired) electrons. The Hall–Kier alpha value is -3.70. The standard InChI is InChI=1S/C27H15NOS2/c1-17(16-28)26-21-9-5-6-10-22(21)27(29)23(26)13-20-15-25-24(31-20)14-19(30-25)12-11-18-7-3-2-4-8-18/h2-10,13-15H,1H3/b23-13-,26-17-. The van der Waals surface area contributed by atoms with Crippen molar-refractivity contribution in [3.05, 3.63) is 104 Å². The van der Waals surface area contributed by atoms with Gasteiger partial charge in [0.2, 0.25) is 0 Å². The lowest BCUT2D eigenvalue weighted by Gasteiger charge is -2.02. The van der Waals surface area contributed by atoms with E-state index in [-0.39, 0.29) is 5.78 Å². The minimum Gasteiger partial charge on any atom is -0.289 e. The van der Waals surface area contributed by atoms with E-state index in [9.17, 15) is 10.1 Å². The van der Waals surface area contributed by atoms with Gasteiger partial charge in [0.05, 0.1) is 10.9 Å². The topological polar surface area (TPSA) is 40.9 Å². The molecular formula is C27H15NOS2. The molecule has 4 heteroatoms. The SMILES string of the molecule is C/C(C#N)=C1/C(=C/c2cc3sc(C#Cc4ccccc4)cc3s2)C(=O)c2ccccc21. The second-order valence-corrected chi connectivity index (χ2v) is 9.35. The first-order valence-corrected chi connectivity index (χ1v) is 11.3. The number of nitrogens with zero attached hydrogens (tertiary/aromatic N) is 1. The van der Waals surface area contributed by atoms with Gasteiger partial charge in [-0.2, -0.15) is 5.26 Å². The van der Waals surface area contributed by atoms with Crippen molar-refractivity contribution in [2.24, 2.45) is 0 Å². The van der Waals surface area contributed by atoms with Crippen molar-refractivity contribution in [2.45, 2.75) is 6.92 Å². The van der Waals surface area contributed by atoms with Crippen LogP contribution in [-0.4, -0.2) is 5.78 Å². The van der Waals surface area contributed by atoms with Crippen LogP contribution in [0.5, 0.6) is 0 Å². The van der Waals surface area contributed by atoms with Crippen LogP contribution >= 0.6 is 22.7 Å². The fourth-order valence-corrected chi connectivity index (χ4v) is 5.89. The number of carbonyl (C=O) groups excluding carboxylic acids is 1. The lowest BCUT2D eigenvalue weighted by atomic mass is 10.00. The van der Waals surface area contributed by atoms with Gasteiger partial charge in [-0.25, -0.2) is 0 Å². The minimum absolute atomic E-state index is 0.0219. The highest BCUT2D eigenvalue weighted by Crippen LogP contribution is 2.41. The quantitative estimate of drug-likeness (QED) is 0.185. The molecule has 0 bridgehead atoms. The Balaban J connectivity index is 1.52. The van der Waals surface area contributed by atoms with Gasteiger partial charge in [0.1, 0.15) is 0 Å². The monoisotopic (exact) mass is 433 g/mol. The Labute approximate surface area is 188 Å². The molecule has 1 aliphatic carbocycles. The number of allylic oxidation sites excluding steroid dienone is 3. The van der Waals surface area contributed by atoms with E-state index in [1.54, 1.807) is 29.6 Å². The third-order valence-electron chi connectivity index (χ3n) is 5.11. The van der Waals surface area contributed by atoms with Gasteiger partial charge in [0.25, 0.3) is 0 Å². The van der Waals surface area contributed by atoms with Crippen molar-refractivity contribution in [3.63, 3.8) is 0 Å². The van der Waals surface area contributed by atoms with E-state index in [2.05, 4.69) is 30.0 Å². The maximum atomic E-state index is 13.0. The van der Waals surface area contributed by atoms with Crippen molar-refractivity contribution >= 4 is 49.5 Å². The molecular weight excluding hydrogens is 418 g/mol. The maximum absolute atomic E-state index is 13.0. The normalized spacial score (nSPS) is 15.5. The predicted octanol–water partition coefficient (Wildman–Crippen LogP) is 6.94. The van der Waals surface area contributed by atoms with Gasteiger partial charge in [-0.05, 0) is 42.8 Å². The lowest BCUT2D eigenvalue weighted by Crippen LogP contribution is -1.95. The van der Waals surface area contributed by atoms with Crippen molar-refractivity contribution in [1.29, 1.82) is 5.26 Å². The Kier molecular flexibility index (Phi) is 4.88. The van der Waals surface area contributed by atoms with E-state index in [4.69, 9.17) is 0 Å². The summed E-state index contributed by atoms with van der Waals surface area (Å²) in [5, 5.41) is 9.48. The average Bonchev–Trinajstić information content (AvgIpc) is 3.43. The van der Waals surface area contributed by atoms with Crippen LogP contribution < -0.4 is 0 Å². The summed E-state index contributed by atoms with van der Waals surface area (Å²) in [4.78, 5) is 15.1. The first kappa shape index (κ1) is 19.3. The van der Waals surface area contributed by atoms with Gasteiger partial charge in [-0.1, -0.05) is 54.3 Å². The highest BCUT2D eigenvalue weighted by molar-refractivity contribution is 7.28. The minimum atomic E-state index is -0.0219. The van der Waals surface area contributed by atoms with Crippen LogP contribution in [0.1, 0.15) is 38.2 Å². The molecule has 0 unspecified atom stereocenters. The summed E-state index contributed by atoms with van der Waals surface area (Å²) in [6.45, 7) is 1.77. The van der Waals surface area contributed by atoms with Gasteiger partial charge in [0.15, 0.2) is 5.78 Å². The van der Waals surface area contributed by atoms with Crippen LogP contribution in [0.15, 0.2) is 77.9 Å². The number of fused-ring (bicyclic) bond motifs is 2. The molecule has 0 atom stereocenters. The number of carbonyl (C=O) groups is 1. The summed E-state index contributed by atoms with van der Waals surface area (Å²) in [6, 6.07) is 23.9. The fraction of sp³-hybridized carbons (Fsp3) is 0.0370. The number of ketones is 1. The van der Waals surface area contributed by atoms with Crippen LogP contribution in [0, 0.1) is 23.2 Å². The van der Waals surface area contributed by atoms with Crippen LogP contribution in [0.25, 0.3) is 21.0 Å². The zero-order valence-electron chi connectivity index (χ0n) is 16.6. The number of hydrogen-bond acceptors (Lipinski definition) is 4. The Morgan fingerprint density at radius 2 is 1.61 bits per heavy atom.